The first kappa shape index (κ1) is 22.2. The number of rotatable bonds is 9. The standard InChI is InChI=1S/C22H31N3O2S/c1-14-12-15(2)16(3)20(13-14)27-11-7-10-23-21(26)9-8-19-17(4)24-22(28-6)25-18(19)5/h12-13H,7-11H2,1-6H3,(H,23,26). The van der Waals surface area contributed by atoms with Crippen LogP contribution in [-0.4, -0.2) is 35.3 Å². The molecule has 0 spiro atoms. The van der Waals surface area contributed by atoms with Gasteiger partial charge in [0.1, 0.15) is 5.75 Å². The number of aryl methyl sites for hydroxylation is 4. The minimum absolute atomic E-state index is 0.0512. The Hall–Kier alpha value is -2.08. The number of amides is 1. The summed E-state index contributed by atoms with van der Waals surface area (Å²) in [5.41, 5.74) is 6.61. The fraction of sp³-hybridized carbons (Fsp3) is 0.500. The lowest BCUT2D eigenvalue weighted by atomic mass is 10.1. The molecular formula is C22H31N3O2S. The molecule has 1 amide bonds. The van der Waals surface area contributed by atoms with Crippen LogP contribution in [0.25, 0.3) is 0 Å². The van der Waals surface area contributed by atoms with Gasteiger partial charge in [0.15, 0.2) is 5.16 Å². The Bertz CT molecular complexity index is 814. The van der Waals surface area contributed by atoms with Crippen LogP contribution in [0.1, 0.15) is 46.5 Å². The van der Waals surface area contributed by atoms with Crippen molar-refractivity contribution in [1.29, 1.82) is 0 Å². The van der Waals surface area contributed by atoms with Gasteiger partial charge in [0.25, 0.3) is 0 Å². The van der Waals surface area contributed by atoms with Crippen LogP contribution >= 0.6 is 11.8 Å². The molecule has 0 saturated carbocycles. The fourth-order valence-corrected chi connectivity index (χ4v) is 3.58. The molecule has 0 radical (unpaired) electrons. The number of hydrogen-bond acceptors (Lipinski definition) is 5. The maximum absolute atomic E-state index is 12.1. The Kier molecular flexibility index (Phi) is 8.30. The van der Waals surface area contributed by atoms with Crippen molar-refractivity contribution in [2.24, 2.45) is 0 Å². The summed E-state index contributed by atoms with van der Waals surface area (Å²) in [4.78, 5) is 21.1. The van der Waals surface area contributed by atoms with Gasteiger partial charge >= 0.3 is 0 Å². The van der Waals surface area contributed by atoms with Gasteiger partial charge in [-0.1, -0.05) is 17.8 Å². The van der Waals surface area contributed by atoms with E-state index in [0.717, 1.165) is 34.3 Å². The van der Waals surface area contributed by atoms with E-state index in [1.165, 1.54) is 28.5 Å². The molecule has 1 heterocycles. The quantitative estimate of drug-likeness (QED) is 0.386. The van der Waals surface area contributed by atoms with Crippen molar-refractivity contribution >= 4 is 17.7 Å². The van der Waals surface area contributed by atoms with Crippen molar-refractivity contribution in [3.05, 3.63) is 45.8 Å². The van der Waals surface area contributed by atoms with E-state index < -0.39 is 0 Å². The highest BCUT2D eigenvalue weighted by Crippen LogP contribution is 2.23. The van der Waals surface area contributed by atoms with Gasteiger partial charge in [0.05, 0.1) is 6.61 Å². The average Bonchev–Trinajstić information content (AvgIpc) is 2.64. The predicted molar refractivity (Wildman–Crippen MR) is 115 cm³/mol. The normalized spacial score (nSPS) is 10.8. The molecule has 1 aromatic carbocycles. The summed E-state index contributed by atoms with van der Waals surface area (Å²) in [6, 6.07) is 4.22. The number of nitrogens with zero attached hydrogens (tertiary/aromatic N) is 2. The summed E-state index contributed by atoms with van der Waals surface area (Å²) in [5.74, 6) is 0.985. The zero-order chi connectivity index (χ0) is 20.7. The molecule has 1 N–H and O–H groups in total. The lowest BCUT2D eigenvalue weighted by Crippen LogP contribution is -2.26. The number of nitrogens with one attached hydrogen (secondary N) is 1. The number of carbonyl (C=O) groups excluding carboxylic acids is 1. The first-order chi connectivity index (χ1) is 13.3. The van der Waals surface area contributed by atoms with Crippen LogP contribution < -0.4 is 10.1 Å². The molecule has 6 heteroatoms. The third kappa shape index (κ3) is 6.23. The Morgan fingerprint density at radius 1 is 1.11 bits per heavy atom. The molecule has 0 unspecified atom stereocenters. The summed E-state index contributed by atoms with van der Waals surface area (Å²) < 4.78 is 5.89. The second-order valence-electron chi connectivity index (χ2n) is 7.12. The number of carbonyl (C=O) groups is 1. The highest BCUT2D eigenvalue weighted by Gasteiger charge is 2.10. The van der Waals surface area contributed by atoms with Gasteiger partial charge in [-0.05, 0) is 82.0 Å². The van der Waals surface area contributed by atoms with E-state index in [-0.39, 0.29) is 5.91 Å². The van der Waals surface area contributed by atoms with Gasteiger partial charge in [0, 0.05) is 24.4 Å². The van der Waals surface area contributed by atoms with Gasteiger partial charge in [0.2, 0.25) is 5.91 Å². The summed E-state index contributed by atoms with van der Waals surface area (Å²) in [6.45, 7) is 11.4. The lowest BCUT2D eigenvalue weighted by Gasteiger charge is -2.13. The van der Waals surface area contributed by atoms with Crippen molar-refractivity contribution in [2.75, 3.05) is 19.4 Å². The molecule has 0 aliphatic heterocycles. The van der Waals surface area contributed by atoms with Gasteiger partial charge < -0.3 is 10.1 Å². The number of benzene rings is 1. The second-order valence-corrected chi connectivity index (χ2v) is 7.89. The minimum Gasteiger partial charge on any atom is -0.493 e. The Labute approximate surface area is 172 Å². The largest absolute Gasteiger partial charge is 0.493 e. The zero-order valence-corrected chi connectivity index (χ0v) is 18.6. The maximum atomic E-state index is 12.1. The lowest BCUT2D eigenvalue weighted by molar-refractivity contribution is -0.121. The molecule has 0 atom stereocenters. The molecule has 2 rings (SSSR count). The summed E-state index contributed by atoms with van der Waals surface area (Å²) in [5, 5.41) is 3.75. The number of hydrogen-bond donors (Lipinski definition) is 1. The molecule has 0 aliphatic carbocycles. The van der Waals surface area contributed by atoms with E-state index in [9.17, 15) is 4.79 Å². The fourth-order valence-electron chi connectivity index (χ4n) is 3.12. The van der Waals surface area contributed by atoms with Crippen molar-refractivity contribution in [3.63, 3.8) is 0 Å². The third-order valence-corrected chi connectivity index (χ3v) is 5.40. The van der Waals surface area contributed by atoms with E-state index in [4.69, 9.17) is 4.74 Å². The van der Waals surface area contributed by atoms with Crippen molar-refractivity contribution in [3.8, 4) is 5.75 Å². The Balaban J connectivity index is 1.72. The predicted octanol–water partition coefficient (Wildman–Crippen LogP) is 4.26. The topological polar surface area (TPSA) is 64.1 Å². The van der Waals surface area contributed by atoms with Gasteiger partial charge in [-0.25, -0.2) is 9.97 Å². The first-order valence-electron chi connectivity index (χ1n) is 9.67. The molecule has 5 nitrogen and oxygen atoms in total. The van der Waals surface area contributed by atoms with Crippen molar-refractivity contribution < 1.29 is 9.53 Å². The maximum Gasteiger partial charge on any atom is 0.220 e. The van der Waals surface area contributed by atoms with E-state index in [0.29, 0.717) is 26.0 Å². The molecule has 152 valence electrons. The Morgan fingerprint density at radius 3 is 2.43 bits per heavy atom. The number of thioether (sulfide) groups is 1. The van der Waals surface area contributed by atoms with Gasteiger partial charge in [-0.3, -0.25) is 4.79 Å². The second kappa shape index (κ2) is 10.5. The molecule has 0 saturated heterocycles. The van der Waals surface area contributed by atoms with E-state index in [1.807, 2.05) is 20.1 Å². The molecule has 0 aliphatic rings. The smallest absolute Gasteiger partial charge is 0.220 e. The molecule has 2 aromatic rings. The summed E-state index contributed by atoms with van der Waals surface area (Å²) in [6.07, 6.45) is 3.85. The van der Waals surface area contributed by atoms with Crippen LogP contribution in [0.2, 0.25) is 0 Å². The van der Waals surface area contributed by atoms with E-state index in [1.54, 1.807) is 0 Å². The highest BCUT2D eigenvalue weighted by molar-refractivity contribution is 7.98. The van der Waals surface area contributed by atoms with E-state index >= 15 is 0 Å². The number of aromatic nitrogens is 2. The highest BCUT2D eigenvalue weighted by atomic mass is 32.2. The van der Waals surface area contributed by atoms with Crippen molar-refractivity contribution in [2.45, 2.75) is 59.0 Å². The van der Waals surface area contributed by atoms with Crippen molar-refractivity contribution in [1.82, 2.24) is 15.3 Å². The van der Waals surface area contributed by atoms with E-state index in [2.05, 4.69) is 48.2 Å². The first-order valence-corrected chi connectivity index (χ1v) is 10.9. The van der Waals surface area contributed by atoms with Crippen LogP contribution in [0.15, 0.2) is 17.3 Å². The molecule has 0 bridgehead atoms. The Morgan fingerprint density at radius 2 is 1.79 bits per heavy atom. The third-order valence-electron chi connectivity index (χ3n) is 4.85. The van der Waals surface area contributed by atoms with Crippen LogP contribution in [-0.2, 0) is 11.2 Å². The van der Waals surface area contributed by atoms with Crippen LogP contribution in [0, 0.1) is 34.6 Å². The summed E-state index contributed by atoms with van der Waals surface area (Å²) >= 11 is 1.53. The van der Waals surface area contributed by atoms with Gasteiger partial charge in [-0.2, -0.15) is 0 Å². The average molecular weight is 402 g/mol. The van der Waals surface area contributed by atoms with Crippen LogP contribution in [0.3, 0.4) is 0 Å². The van der Waals surface area contributed by atoms with Gasteiger partial charge in [-0.15, -0.1) is 0 Å². The monoisotopic (exact) mass is 401 g/mol. The molecule has 28 heavy (non-hydrogen) atoms. The molecular weight excluding hydrogens is 370 g/mol. The number of ether oxygens (including phenoxy) is 1. The van der Waals surface area contributed by atoms with Crippen LogP contribution in [0.4, 0.5) is 0 Å². The minimum atomic E-state index is 0.0512. The van der Waals surface area contributed by atoms with Crippen LogP contribution in [0.5, 0.6) is 5.75 Å². The molecule has 0 fully saturated rings. The summed E-state index contributed by atoms with van der Waals surface area (Å²) in [7, 11) is 0. The zero-order valence-electron chi connectivity index (χ0n) is 17.8. The molecule has 1 aromatic heterocycles. The SMILES string of the molecule is CSc1nc(C)c(CCC(=O)NCCCOc2cc(C)cc(C)c2C)c(C)n1.